The minimum absolute atomic E-state index is 0.930. The van der Waals surface area contributed by atoms with Crippen molar-refractivity contribution in [3.05, 3.63) is 168 Å². The third kappa shape index (κ3) is 4.72. The average Bonchev–Trinajstić information content (AvgIpc) is 3.80. The minimum Gasteiger partial charge on any atom is -0.405 e. The number of aromatic nitrogens is 5. The van der Waals surface area contributed by atoms with Crippen LogP contribution < -0.4 is 5.73 Å². The van der Waals surface area contributed by atoms with Crippen molar-refractivity contribution in [2.24, 2.45) is 5.73 Å². The van der Waals surface area contributed by atoms with Gasteiger partial charge in [-0.15, -0.1) is 0 Å². The maximum atomic E-state index is 5.98. The maximum absolute atomic E-state index is 5.98. The minimum atomic E-state index is 0.930. The van der Waals surface area contributed by atoms with E-state index in [1.807, 2.05) is 30.6 Å². The summed E-state index contributed by atoms with van der Waals surface area (Å²) in [5.74, 6) is 0. The van der Waals surface area contributed by atoms with E-state index in [-0.39, 0.29) is 0 Å². The van der Waals surface area contributed by atoms with Crippen molar-refractivity contribution in [2.75, 3.05) is 0 Å². The van der Waals surface area contributed by atoms with Gasteiger partial charge in [-0.1, -0.05) is 47.5 Å². The second kappa shape index (κ2) is 11.8. The van der Waals surface area contributed by atoms with E-state index in [2.05, 4.69) is 150 Å². The van der Waals surface area contributed by atoms with E-state index in [1.54, 1.807) is 6.20 Å². The molecule has 0 unspecified atom stereocenters. The van der Waals surface area contributed by atoms with Gasteiger partial charge < -0.3 is 10.3 Å². The van der Waals surface area contributed by atoms with Crippen molar-refractivity contribution < 1.29 is 0 Å². The topological polar surface area (TPSA) is 66.6 Å². The van der Waals surface area contributed by atoms with E-state index >= 15 is 0 Å². The zero-order valence-electron chi connectivity index (χ0n) is 29.7. The zero-order valence-corrected chi connectivity index (χ0v) is 29.7. The summed E-state index contributed by atoms with van der Waals surface area (Å²) in [6, 6.07) is 46.0. The van der Waals surface area contributed by atoms with Gasteiger partial charge >= 0.3 is 0 Å². The predicted molar refractivity (Wildman–Crippen MR) is 220 cm³/mol. The summed E-state index contributed by atoms with van der Waals surface area (Å²) in [4.78, 5) is 9.77. The fourth-order valence-corrected chi connectivity index (χ4v) is 8.12. The fraction of sp³-hybridized carbons (Fsp3) is 0.0638. The van der Waals surface area contributed by atoms with Crippen molar-refractivity contribution in [3.8, 4) is 28.2 Å². The number of fused-ring (bicyclic) bond motifs is 7. The Morgan fingerprint density at radius 1 is 0.472 bits per heavy atom. The van der Waals surface area contributed by atoms with Crippen LogP contribution in [0.2, 0.25) is 0 Å². The van der Waals surface area contributed by atoms with Crippen molar-refractivity contribution in [2.45, 2.75) is 20.8 Å². The number of pyridine rings is 2. The van der Waals surface area contributed by atoms with Gasteiger partial charge in [0, 0.05) is 56.4 Å². The van der Waals surface area contributed by atoms with Crippen LogP contribution in [0.1, 0.15) is 22.4 Å². The van der Waals surface area contributed by atoms with E-state index in [1.165, 1.54) is 27.5 Å². The van der Waals surface area contributed by atoms with Crippen LogP contribution in [0.3, 0.4) is 0 Å². The molecule has 0 atom stereocenters. The van der Waals surface area contributed by atoms with Gasteiger partial charge in [0.2, 0.25) is 0 Å². The quantitative estimate of drug-likeness (QED) is 0.196. The van der Waals surface area contributed by atoms with Crippen molar-refractivity contribution in [1.29, 1.82) is 0 Å². The molecule has 0 aliphatic rings. The molecule has 0 fully saturated rings. The molecule has 10 aromatic rings. The van der Waals surface area contributed by atoms with Crippen molar-refractivity contribution in [3.63, 3.8) is 0 Å². The first-order chi connectivity index (χ1) is 26.0. The largest absolute Gasteiger partial charge is 0.405 e. The van der Waals surface area contributed by atoms with Crippen LogP contribution >= 0.6 is 0 Å². The zero-order chi connectivity index (χ0) is 35.8. The lowest BCUT2D eigenvalue weighted by molar-refractivity contribution is 1.09. The molecule has 0 bridgehead atoms. The molecule has 0 radical (unpaired) electrons. The first kappa shape index (κ1) is 30.9. The Kier molecular flexibility index (Phi) is 6.88. The molecule has 5 heterocycles. The lowest BCUT2D eigenvalue weighted by Crippen LogP contribution is -1.98. The first-order valence-corrected chi connectivity index (χ1v) is 17.9. The SMILES string of the molecule is Cc1ccc(-n2c(/C=C\N)c(C)c3cc(-n4c5ccc(-c6ccc7c(c6)c6cccnc6n7-c6ccc(C)cc6)cc5c5cccnc54)ccc32)cc1. The summed E-state index contributed by atoms with van der Waals surface area (Å²) >= 11 is 0. The highest BCUT2D eigenvalue weighted by Gasteiger charge is 2.19. The smallest absolute Gasteiger partial charge is 0.145 e. The molecular weight excluding hydrogens is 649 g/mol. The number of aryl methyl sites for hydroxylation is 3. The number of nitrogens with zero attached hydrogens (tertiary/aromatic N) is 5. The Labute approximate surface area is 306 Å². The fourth-order valence-electron chi connectivity index (χ4n) is 8.12. The van der Waals surface area contributed by atoms with Crippen LogP contribution in [0.5, 0.6) is 0 Å². The summed E-state index contributed by atoms with van der Waals surface area (Å²) in [6.07, 6.45) is 7.37. The van der Waals surface area contributed by atoms with Gasteiger partial charge in [-0.05, 0) is 141 Å². The summed E-state index contributed by atoms with van der Waals surface area (Å²) in [5.41, 5.74) is 21.6. The lowest BCUT2D eigenvalue weighted by atomic mass is 10.0. The highest BCUT2D eigenvalue weighted by molar-refractivity contribution is 6.11. The van der Waals surface area contributed by atoms with E-state index < -0.39 is 0 Å². The Bertz CT molecular complexity index is 3080. The summed E-state index contributed by atoms with van der Waals surface area (Å²) in [6.45, 7) is 6.40. The Morgan fingerprint density at radius 2 is 0.943 bits per heavy atom. The van der Waals surface area contributed by atoms with Gasteiger partial charge in [-0.25, -0.2) is 9.97 Å². The Morgan fingerprint density at radius 3 is 1.49 bits per heavy atom. The number of benzene rings is 5. The van der Waals surface area contributed by atoms with Crippen LogP contribution in [0, 0.1) is 20.8 Å². The maximum Gasteiger partial charge on any atom is 0.145 e. The molecule has 0 aliphatic heterocycles. The molecule has 6 heteroatoms. The monoisotopic (exact) mass is 684 g/mol. The molecule has 5 aromatic carbocycles. The second-order valence-electron chi connectivity index (χ2n) is 14.0. The van der Waals surface area contributed by atoms with Gasteiger partial charge in [0.15, 0.2) is 0 Å². The average molecular weight is 685 g/mol. The van der Waals surface area contributed by atoms with E-state index in [9.17, 15) is 0 Å². The summed E-state index contributed by atoms with van der Waals surface area (Å²) in [5, 5.41) is 5.77. The molecule has 254 valence electrons. The standard InChI is InChI=1S/C47H36N6/c1-29-8-14-34(15-9-29)51-42(22-23-48)31(3)39-28-36(18-21-43(39)51)53-45-20-13-33(27-41(45)38-7-5-25-50-47(38)53)32-12-19-44-40(26-32)37-6-4-24-49-46(37)52(44)35-16-10-30(2)11-17-35/h4-28H,48H2,1-3H3/b23-22-. The Hall–Kier alpha value is -6.92. The van der Waals surface area contributed by atoms with Gasteiger partial charge in [0.1, 0.15) is 11.3 Å². The van der Waals surface area contributed by atoms with Crippen LogP contribution in [0.25, 0.3) is 89.0 Å². The molecule has 5 aromatic heterocycles. The number of nitrogens with two attached hydrogens (primary N) is 1. The molecule has 0 aliphatic carbocycles. The lowest BCUT2D eigenvalue weighted by Gasteiger charge is -2.11. The van der Waals surface area contributed by atoms with Gasteiger partial charge in [-0.3, -0.25) is 9.13 Å². The first-order valence-electron chi connectivity index (χ1n) is 17.9. The normalized spacial score (nSPS) is 12.1. The highest BCUT2D eigenvalue weighted by Crippen LogP contribution is 2.39. The highest BCUT2D eigenvalue weighted by atomic mass is 15.1. The van der Waals surface area contributed by atoms with Crippen LogP contribution in [0.4, 0.5) is 0 Å². The third-order valence-electron chi connectivity index (χ3n) is 10.7. The van der Waals surface area contributed by atoms with Crippen molar-refractivity contribution in [1.82, 2.24) is 23.7 Å². The van der Waals surface area contributed by atoms with Crippen LogP contribution in [-0.4, -0.2) is 23.7 Å². The number of hydrogen-bond acceptors (Lipinski definition) is 3. The number of rotatable bonds is 5. The van der Waals surface area contributed by atoms with Crippen molar-refractivity contribution >= 4 is 60.9 Å². The molecule has 0 saturated heterocycles. The molecule has 53 heavy (non-hydrogen) atoms. The van der Waals surface area contributed by atoms with E-state index in [0.29, 0.717) is 0 Å². The van der Waals surface area contributed by atoms with Crippen LogP contribution in [0.15, 0.2) is 146 Å². The molecule has 0 saturated carbocycles. The van der Waals surface area contributed by atoms with E-state index in [0.717, 1.165) is 77.9 Å². The van der Waals surface area contributed by atoms with Gasteiger partial charge in [-0.2, -0.15) is 0 Å². The van der Waals surface area contributed by atoms with Gasteiger partial charge in [0.25, 0.3) is 0 Å². The van der Waals surface area contributed by atoms with E-state index in [4.69, 9.17) is 15.7 Å². The number of hydrogen-bond donors (Lipinski definition) is 1. The molecule has 2 N–H and O–H groups in total. The summed E-state index contributed by atoms with van der Waals surface area (Å²) in [7, 11) is 0. The molecule has 6 nitrogen and oxygen atoms in total. The molecule has 10 rings (SSSR count). The Balaban J connectivity index is 1.14. The third-order valence-corrected chi connectivity index (χ3v) is 10.7. The predicted octanol–water partition coefficient (Wildman–Crippen LogP) is 11.1. The molecule has 0 spiro atoms. The summed E-state index contributed by atoms with van der Waals surface area (Å²) < 4.78 is 6.84. The molecule has 0 amide bonds. The second-order valence-corrected chi connectivity index (χ2v) is 14.0. The van der Waals surface area contributed by atoms with Gasteiger partial charge in [0.05, 0.1) is 22.2 Å². The molecular formula is C47H36N6. The van der Waals surface area contributed by atoms with Crippen LogP contribution in [-0.2, 0) is 0 Å².